The molecule has 2 atom stereocenters. The number of carbonyl (C=O) groups is 1. The van der Waals surface area contributed by atoms with E-state index in [1.807, 2.05) is 6.07 Å². The van der Waals surface area contributed by atoms with Crippen LogP contribution in [-0.4, -0.2) is 30.1 Å². The van der Waals surface area contributed by atoms with Crippen LogP contribution < -0.4 is 4.74 Å². The molecule has 0 spiro atoms. The topological polar surface area (TPSA) is 38.8 Å². The van der Waals surface area contributed by atoms with Crippen molar-refractivity contribution in [3.05, 3.63) is 63.1 Å². The fraction of sp³-hybridized carbons (Fsp3) is 0.316. The molecule has 7 heteroatoms. The van der Waals surface area contributed by atoms with Crippen LogP contribution in [0.25, 0.3) is 0 Å². The summed E-state index contributed by atoms with van der Waals surface area (Å²) >= 11 is 18.1. The minimum absolute atomic E-state index is 0.0741. The molecule has 2 aromatic rings. The van der Waals surface area contributed by atoms with Gasteiger partial charge < -0.3 is 14.4 Å². The second kappa shape index (κ2) is 6.93. The van der Waals surface area contributed by atoms with Crippen LogP contribution in [0, 0.1) is 0 Å². The number of fused-ring (bicyclic) bond motifs is 1. The number of benzene rings is 2. The molecule has 0 N–H and O–H groups in total. The molecule has 0 aliphatic carbocycles. The van der Waals surface area contributed by atoms with E-state index in [1.165, 1.54) is 0 Å². The summed E-state index contributed by atoms with van der Waals surface area (Å²) in [4.78, 5) is 14.2. The van der Waals surface area contributed by atoms with Gasteiger partial charge in [0.05, 0.1) is 16.6 Å². The SMILES string of the molecule is O=C1CC[C@]2(c3ccc(Cl)c(Cl)c3)OC(COc3ccc(Cl)cc3)CN12. The zero-order valence-corrected chi connectivity index (χ0v) is 16.0. The van der Waals surface area contributed by atoms with Crippen LogP contribution >= 0.6 is 34.8 Å². The number of halogens is 3. The van der Waals surface area contributed by atoms with Crippen LogP contribution in [0.3, 0.4) is 0 Å². The second-order valence-electron chi connectivity index (χ2n) is 6.42. The summed E-state index contributed by atoms with van der Waals surface area (Å²) < 4.78 is 12.1. The van der Waals surface area contributed by atoms with Crippen molar-refractivity contribution in [2.45, 2.75) is 24.7 Å². The predicted octanol–water partition coefficient (Wildman–Crippen LogP) is 4.90. The van der Waals surface area contributed by atoms with E-state index < -0.39 is 5.72 Å². The van der Waals surface area contributed by atoms with E-state index in [-0.39, 0.29) is 12.0 Å². The molecule has 1 unspecified atom stereocenters. The monoisotopic (exact) mass is 411 g/mol. The van der Waals surface area contributed by atoms with Gasteiger partial charge in [-0.3, -0.25) is 4.79 Å². The number of hydrogen-bond acceptors (Lipinski definition) is 3. The third kappa shape index (κ3) is 3.16. The Bertz CT molecular complexity index is 842. The Morgan fingerprint density at radius 3 is 2.62 bits per heavy atom. The average molecular weight is 413 g/mol. The summed E-state index contributed by atoms with van der Waals surface area (Å²) in [5, 5.41) is 1.57. The van der Waals surface area contributed by atoms with Gasteiger partial charge in [0.15, 0.2) is 5.72 Å². The van der Waals surface area contributed by atoms with Crippen LogP contribution in [0.15, 0.2) is 42.5 Å². The van der Waals surface area contributed by atoms with Crippen molar-refractivity contribution < 1.29 is 14.3 Å². The largest absolute Gasteiger partial charge is 0.491 e. The van der Waals surface area contributed by atoms with Crippen molar-refractivity contribution in [3.63, 3.8) is 0 Å². The molecule has 0 radical (unpaired) electrons. The number of hydrogen-bond donors (Lipinski definition) is 0. The van der Waals surface area contributed by atoms with Crippen LogP contribution in [0.2, 0.25) is 15.1 Å². The highest BCUT2D eigenvalue weighted by Gasteiger charge is 2.54. The molecule has 26 heavy (non-hydrogen) atoms. The van der Waals surface area contributed by atoms with E-state index in [2.05, 4.69) is 0 Å². The summed E-state index contributed by atoms with van der Waals surface area (Å²) in [5.74, 6) is 0.782. The lowest BCUT2D eigenvalue weighted by Crippen LogP contribution is -2.38. The molecule has 2 aromatic carbocycles. The van der Waals surface area contributed by atoms with Gasteiger partial charge in [-0.1, -0.05) is 40.9 Å². The summed E-state index contributed by atoms with van der Waals surface area (Å²) in [6.07, 6.45) is 0.802. The first-order valence-corrected chi connectivity index (χ1v) is 9.43. The molecule has 136 valence electrons. The molecule has 0 aromatic heterocycles. The minimum Gasteiger partial charge on any atom is -0.491 e. The molecule has 4 nitrogen and oxygen atoms in total. The van der Waals surface area contributed by atoms with Crippen LogP contribution in [0.1, 0.15) is 18.4 Å². The van der Waals surface area contributed by atoms with Gasteiger partial charge >= 0.3 is 0 Å². The first kappa shape index (κ1) is 17.9. The normalized spacial score (nSPS) is 24.8. The second-order valence-corrected chi connectivity index (χ2v) is 7.67. The highest BCUT2D eigenvalue weighted by Crippen LogP contribution is 2.47. The smallest absolute Gasteiger partial charge is 0.225 e. The van der Waals surface area contributed by atoms with Gasteiger partial charge in [0.1, 0.15) is 18.5 Å². The number of nitrogens with zero attached hydrogens (tertiary/aromatic N) is 1. The molecule has 2 fully saturated rings. The Morgan fingerprint density at radius 2 is 1.88 bits per heavy atom. The van der Waals surface area contributed by atoms with E-state index in [1.54, 1.807) is 41.3 Å². The highest BCUT2D eigenvalue weighted by molar-refractivity contribution is 6.42. The highest BCUT2D eigenvalue weighted by atomic mass is 35.5. The summed E-state index contributed by atoms with van der Waals surface area (Å²) in [7, 11) is 0. The molecule has 0 saturated carbocycles. The lowest BCUT2D eigenvalue weighted by atomic mass is 10.0. The van der Waals surface area contributed by atoms with E-state index in [4.69, 9.17) is 44.3 Å². The number of ether oxygens (including phenoxy) is 2. The van der Waals surface area contributed by atoms with Crippen molar-refractivity contribution in [1.82, 2.24) is 4.90 Å². The Kier molecular flexibility index (Phi) is 4.78. The van der Waals surface area contributed by atoms with Crippen LogP contribution in [-0.2, 0) is 15.3 Å². The first-order chi connectivity index (χ1) is 12.5. The maximum Gasteiger partial charge on any atom is 0.225 e. The Labute approximate surface area is 166 Å². The van der Waals surface area contributed by atoms with E-state index in [0.717, 1.165) is 5.56 Å². The number of carbonyl (C=O) groups excluding carboxylic acids is 1. The fourth-order valence-corrected chi connectivity index (χ4v) is 3.97. The van der Waals surface area contributed by atoms with Gasteiger partial charge in [0, 0.05) is 23.4 Å². The number of rotatable bonds is 4. The first-order valence-electron chi connectivity index (χ1n) is 8.30. The Morgan fingerprint density at radius 1 is 1.12 bits per heavy atom. The predicted molar refractivity (Wildman–Crippen MR) is 101 cm³/mol. The molecule has 2 aliphatic rings. The zero-order chi connectivity index (χ0) is 18.3. The zero-order valence-electron chi connectivity index (χ0n) is 13.8. The minimum atomic E-state index is -0.792. The molecular weight excluding hydrogens is 397 g/mol. The molecule has 4 rings (SSSR count). The lowest BCUT2D eigenvalue weighted by molar-refractivity contribution is -0.140. The van der Waals surface area contributed by atoms with Crippen molar-refractivity contribution in [2.24, 2.45) is 0 Å². The van der Waals surface area contributed by atoms with Crippen molar-refractivity contribution in [2.75, 3.05) is 13.2 Å². The third-order valence-electron chi connectivity index (χ3n) is 4.78. The van der Waals surface area contributed by atoms with Crippen molar-refractivity contribution >= 4 is 40.7 Å². The standard InChI is InChI=1S/C19H16Cl3NO3/c20-13-2-4-14(5-3-13)25-11-15-10-23-18(24)7-8-19(23,26-15)12-1-6-16(21)17(22)9-12/h1-6,9,15H,7-8,10-11H2/t15?,19-/m1/s1. The average Bonchev–Trinajstić information content (AvgIpc) is 3.15. The third-order valence-corrected chi connectivity index (χ3v) is 5.77. The van der Waals surface area contributed by atoms with E-state index in [0.29, 0.717) is 46.8 Å². The van der Waals surface area contributed by atoms with E-state index >= 15 is 0 Å². The quantitative estimate of drug-likeness (QED) is 0.717. The summed E-state index contributed by atoms with van der Waals surface area (Å²) in [6.45, 7) is 0.821. The summed E-state index contributed by atoms with van der Waals surface area (Å²) in [5.41, 5.74) is 0.0473. The van der Waals surface area contributed by atoms with Crippen LogP contribution in [0.4, 0.5) is 0 Å². The molecule has 2 saturated heterocycles. The van der Waals surface area contributed by atoms with Gasteiger partial charge in [0.25, 0.3) is 0 Å². The van der Waals surface area contributed by atoms with Gasteiger partial charge in [0.2, 0.25) is 5.91 Å². The Hall–Kier alpha value is -1.46. The summed E-state index contributed by atoms with van der Waals surface area (Å²) in [6, 6.07) is 12.5. The van der Waals surface area contributed by atoms with Gasteiger partial charge in [-0.15, -0.1) is 0 Å². The maximum atomic E-state index is 12.4. The molecule has 0 bridgehead atoms. The molecule has 2 aliphatic heterocycles. The van der Waals surface area contributed by atoms with Gasteiger partial charge in [-0.2, -0.15) is 0 Å². The fourth-order valence-electron chi connectivity index (χ4n) is 3.55. The van der Waals surface area contributed by atoms with Gasteiger partial charge in [-0.25, -0.2) is 0 Å². The van der Waals surface area contributed by atoms with E-state index in [9.17, 15) is 4.79 Å². The Balaban J connectivity index is 1.54. The van der Waals surface area contributed by atoms with Gasteiger partial charge in [-0.05, 0) is 36.4 Å². The number of amides is 1. The van der Waals surface area contributed by atoms with Crippen LogP contribution in [0.5, 0.6) is 5.75 Å². The van der Waals surface area contributed by atoms with Crippen molar-refractivity contribution in [1.29, 1.82) is 0 Å². The maximum absolute atomic E-state index is 12.4. The van der Waals surface area contributed by atoms with Crippen molar-refractivity contribution in [3.8, 4) is 5.75 Å². The molecular formula is C19H16Cl3NO3. The lowest BCUT2D eigenvalue weighted by Gasteiger charge is -2.31. The molecule has 2 heterocycles. The molecule has 1 amide bonds.